The average Bonchev–Trinajstić information content (AvgIpc) is 3.21. The molecule has 0 aliphatic carbocycles. The van der Waals surface area contributed by atoms with Crippen LogP contribution < -0.4 is 14.8 Å². The highest BCUT2D eigenvalue weighted by molar-refractivity contribution is 6.03. The van der Waals surface area contributed by atoms with Gasteiger partial charge >= 0.3 is 6.01 Å². The Morgan fingerprint density at radius 1 is 1.16 bits per heavy atom. The van der Waals surface area contributed by atoms with Gasteiger partial charge in [0, 0.05) is 18.3 Å². The fourth-order valence-electron chi connectivity index (χ4n) is 2.40. The smallest absolute Gasteiger partial charge is 0.322 e. The highest BCUT2D eigenvalue weighted by Gasteiger charge is 2.18. The Labute approximate surface area is 142 Å². The van der Waals surface area contributed by atoms with E-state index >= 15 is 0 Å². The summed E-state index contributed by atoms with van der Waals surface area (Å²) in [6.45, 7) is 2.86. The molecular weight excluding hydrogens is 326 g/mol. The molecule has 0 saturated carbocycles. The van der Waals surface area contributed by atoms with Gasteiger partial charge < -0.3 is 13.9 Å². The number of hydrogen-bond donors (Lipinski definition) is 1. The van der Waals surface area contributed by atoms with Crippen molar-refractivity contribution in [2.45, 2.75) is 6.92 Å². The van der Waals surface area contributed by atoms with E-state index in [0.717, 1.165) is 5.69 Å². The summed E-state index contributed by atoms with van der Waals surface area (Å²) in [7, 11) is 1.82. The van der Waals surface area contributed by atoms with Gasteiger partial charge in [-0.15, -0.1) is 5.10 Å². The molecule has 3 aromatic rings. The first-order valence-corrected chi connectivity index (χ1v) is 7.65. The summed E-state index contributed by atoms with van der Waals surface area (Å²) in [5.74, 6) is 1.01. The number of aromatic nitrogens is 4. The van der Waals surface area contributed by atoms with Crippen molar-refractivity contribution in [1.29, 1.82) is 0 Å². The van der Waals surface area contributed by atoms with Crippen molar-refractivity contribution in [3.8, 4) is 23.1 Å². The van der Waals surface area contributed by atoms with Crippen molar-refractivity contribution in [3.05, 3.63) is 35.5 Å². The first-order chi connectivity index (χ1) is 12.1. The maximum absolute atomic E-state index is 12.3. The van der Waals surface area contributed by atoms with E-state index in [1.165, 1.54) is 0 Å². The van der Waals surface area contributed by atoms with Crippen LogP contribution >= 0.6 is 0 Å². The van der Waals surface area contributed by atoms with Gasteiger partial charge in [0.1, 0.15) is 18.9 Å². The number of aryl methyl sites for hydroxylation is 2. The van der Waals surface area contributed by atoms with Crippen LogP contribution in [0.1, 0.15) is 16.1 Å². The SMILES string of the molecule is Cc1cc(-c2nnc(NC(=O)c3ccc4c(c3)OCCO4)o2)nn1C. The van der Waals surface area contributed by atoms with Gasteiger partial charge in [-0.05, 0) is 31.2 Å². The third-order valence-electron chi connectivity index (χ3n) is 3.78. The van der Waals surface area contributed by atoms with Crippen molar-refractivity contribution in [1.82, 2.24) is 20.0 Å². The number of anilines is 1. The second-order valence-electron chi connectivity index (χ2n) is 5.52. The van der Waals surface area contributed by atoms with Crippen molar-refractivity contribution in [2.24, 2.45) is 7.05 Å². The van der Waals surface area contributed by atoms with Gasteiger partial charge in [0.15, 0.2) is 11.5 Å². The number of rotatable bonds is 3. The van der Waals surface area contributed by atoms with E-state index in [-0.39, 0.29) is 17.8 Å². The normalized spacial score (nSPS) is 12.9. The van der Waals surface area contributed by atoms with E-state index in [4.69, 9.17) is 13.9 Å². The third-order valence-corrected chi connectivity index (χ3v) is 3.78. The number of hydrogen-bond acceptors (Lipinski definition) is 7. The predicted octanol–water partition coefficient (Wildman–Crippen LogP) is 1.80. The first-order valence-electron chi connectivity index (χ1n) is 7.65. The molecule has 0 atom stereocenters. The first kappa shape index (κ1) is 15.2. The Balaban J connectivity index is 1.51. The molecule has 0 bridgehead atoms. The Bertz CT molecular complexity index is 926. The Hall–Kier alpha value is -3.36. The Morgan fingerprint density at radius 2 is 1.96 bits per heavy atom. The van der Waals surface area contributed by atoms with Crippen LogP contribution in [0.2, 0.25) is 0 Å². The van der Waals surface area contributed by atoms with Gasteiger partial charge in [-0.25, -0.2) is 0 Å². The van der Waals surface area contributed by atoms with Crippen LogP contribution in [0.4, 0.5) is 6.01 Å². The molecule has 9 nitrogen and oxygen atoms in total. The zero-order chi connectivity index (χ0) is 17.4. The molecule has 0 spiro atoms. The van der Waals surface area contributed by atoms with Gasteiger partial charge in [-0.1, -0.05) is 5.10 Å². The number of carbonyl (C=O) groups is 1. The van der Waals surface area contributed by atoms with Crippen LogP contribution in [-0.4, -0.2) is 39.1 Å². The van der Waals surface area contributed by atoms with Gasteiger partial charge in [0.25, 0.3) is 11.8 Å². The zero-order valence-corrected chi connectivity index (χ0v) is 13.6. The summed E-state index contributed by atoms with van der Waals surface area (Å²) < 4.78 is 18.1. The highest BCUT2D eigenvalue weighted by atomic mass is 16.6. The molecule has 0 fully saturated rings. The fourth-order valence-corrected chi connectivity index (χ4v) is 2.40. The molecule has 1 amide bonds. The molecule has 0 unspecified atom stereocenters. The zero-order valence-electron chi connectivity index (χ0n) is 13.6. The Kier molecular flexibility index (Phi) is 3.60. The van der Waals surface area contributed by atoms with Gasteiger partial charge in [0.2, 0.25) is 0 Å². The van der Waals surface area contributed by atoms with Crippen molar-refractivity contribution >= 4 is 11.9 Å². The van der Waals surface area contributed by atoms with Crippen molar-refractivity contribution in [2.75, 3.05) is 18.5 Å². The standard InChI is InChI=1S/C16H15N5O4/c1-9-7-11(20-21(9)2)15-18-19-16(25-15)17-14(22)10-3-4-12-13(8-10)24-6-5-23-12/h3-4,7-8H,5-6H2,1-2H3,(H,17,19,22). The van der Waals surface area contributed by atoms with E-state index in [9.17, 15) is 4.79 Å². The van der Waals surface area contributed by atoms with Crippen molar-refractivity contribution in [3.63, 3.8) is 0 Å². The van der Waals surface area contributed by atoms with Crippen molar-refractivity contribution < 1.29 is 18.7 Å². The van der Waals surface area contributed by atoms with Crippen LogP contribution in [0.3, 0.4) is 0 Å². The molecule has 3 heterocycles. The molecule has 128 valence electrons. The Morgan fingerprint density at radius 3 is 2.72 bits per heavy atom. The molecule has 4 rings (SSSR count). The lowest BCUT2D eigenvalue weighted by Crippen LogP contribution is -2.17. The summed E-state index contributed by atoms with van der Waals surface area (Å²) in [6, 6.07) is 6.77. The lowest BCUT2D eigenvalue weighted by Gasteiger charge is -2.18. The maximum atomic E-state index is 12.3. The van der Waals surface area contributed by atoms with Gasteiger partial charge in [-0.3, -0.25) is 14.8 Å². The second kappa shape index (κ2) is 5.93. The highest BCUT2D eigenvalue weighted by Crippen LogP contribution is 2.31. The summed E-state index contributed by atoms with van der Waals surface area (Å²) in [5.41, 5.74) is 1.90. The minimum atomic E-state index is -0.385. The van der Waals surface area contributed by atoms with E-state index in [1.807, 2.05) is 20.0 Å². The number of benzene rings is 1. The summed E-state index contributed by atoms with van der Waals surface area (Å²) >= 11 is 0. The summed E-state index contributed by atoms with van der Waals surface area (Å²) in [6.07, 6.45) is 0. The summed E-state index contributed by atoms with van der Waals surface area (Å²) in [4.78, 5) is 12.3. The molecule has 1 N–H and O–H groups in total. The maximum Gasteiger partial charge on any atom is 0.322 e. The van der Waals surface area contributed by atoms with E-state index in [2.05, 4.69) is 20.6 Å². The molecule has 9 heteroatoms. The molecule has 1 aliphatic rings. The third kappa shape index (κ3) is 2.91. The van der Waals surface area contributed by atoms with E-state index in [0.29, 0.717) is 36.0 Å². The molecule has 2 aromatic heterocycles. The molecule has 1 aliphatic heterocycles. The lowest BCUT2D eigenvalue weighted by atomic mass is 10.2. The van der Waals surface area contributed by atoms with Gasteiger partial charge in [-0.2, -0.15) is 5.10 Å². The molecule has 25 heavy (non-hydrogen) atoms. The number of amides is 1. The van der Waals surface area contributed by atoms with Crippen LogP contribution in [0.25, 0.3) is 11.6 Å². The number of nitrogens with zero attached hydrogens (tertiary/aromatic N) is 4. The number of nitrogens with one attached hydrogen (secondary N) is 1. The quantitative estimate of drug-likeness (QED) is 0.774. The number of carbonyl (C=O) groups excluding carboxylic acids is 1. The van der Waals surface area contributed by atoms with Crippen LogP contribution in [0.5, 0.6) is 11.5 Å². The van der Waals surface area contributed by atoms with Crippen LogP contribution in [-0.2, 0) is 7.05 Å². The topological polar surface area (TPSA) is 104 Å². The monoisotopic (exact) mass is 341 g/mol. The van der Waals surface area contributed by atoms with E-state index < -0.39 is 0 Å². The molecule has 0 saturated heterocycles. The predicted molar refractivity (Wildman–Crippen MR) is 86.6 cm³/mol. The van der Waals surface area contributed by atoms with E-state index in [1.54, 1.807) is 22.9 Å². The molecular formula is C16H15N5O4. The molecule has 1 aromatic carbocycles. The number of fused-ring (bicyclic) bond motifs is 1. The summed E-state index contributed by atoms with van der Waals surface area (Å²) in [5, 5.41) is 14.6. The second-order valence-corrected chi connectivity index (χ2v) is 5.52. The van der Waals surface area contributed by atoms with Gasteiger partial charge in [0.05, 0.1) is 0 Å². The molecule has 0 radical (unpaired) electrons. The largest absolute Gasteiger partial charge is 0.486 e. The fraction of sp³-hybridized carbons (Fsp3) is 0.250. The van der Waals surface area contributed by atoms with Crippen LogP contribution in [0, 0.1) is 6.92 Å². The number of ether oxygens (including phenoxy) is 2. The minimum Gasteiger partial charge on any atom is -0.486 e. The average molecular weight is 341 g/mol. The van der Waals surface area contributed by atoms with Crippen LogP contribution in [0.15, 0.2) is 28.7 Å². The minimum absolute atomic E-state index is 0.00167. The lowest BCUT2D eigenvalue weighted by molar-refractivity contribution is 0.102.